The van der Waals surface area contributed by atoms with E-state index in [1.54, 1.807) is 37.6 Å². The third-order valence-electron chi connectivity index (χ3n) is 3.66. The summed E-state index contributed by atoms with van der Waals surface area (Å²) in [4.78, 5) is 24.4. The van der Waals surface area contributed by atoms with Gasteiger partial charge in [-0.2, -0.15) is 5.10 Å². The minimum atomic E-state index is -0.587. The van der Waals surface area contributed by atoms with E-state index in [1.807, 2.05) is 30.3 Å². The van der Waals surface area contributed by atoms with Gasteiger partial charge in [-0.3, -0.25) is 9.59 Å². The maximum atomic E-state index is 12.5. The van der Waals surface area contributed by atoms with Crippen LogP contribution in [0, 0.1) is 0 Å². The Morgan fingerprint density at radius 1 is 1.26 bits per heavy atom. The van der Waals surface area contributed by atoms with Gasteiger partial charge >= 0.3 is 0 Å². The maximum absolute atomic E-state index is 12.5. The minimum absolute atomic E-state index is 0.0713. The molecule has 2 aromatic rings. The molecule has 1 heterocycles. The van der Waals surface area contributed by atoms with E-state index in [2.05, 4.69) is 20.8 Å². The fraction of sp³-hybridized carbons (Fsp3) is 0.158. The Hall–Kier alpha value is -3.13. The molecule has 1 fully saturated rings. The molecule has 8 heteroatoms. The second-order valence-electron chi connectivity index (χ2n) is 5.64. The van der Waals surface area contributed by atoms with Gasteiger partial charge in [-0.05, 0) is 17.7 Å². The summed E-state index contributed by atoms with van der Waals surface area (Å²) in [6.45, 7) is 0. The molecule has 27 heavy (non-hydrogen) atoms. The van der Waals surface area contributed by atoms with Gasteiger partial charge in [0, 0.05) is 18.2 Å². The van der Waals surface area contributed by atoms with Crippen molar-refractivity contribution in [1.29, 1.82) is 0 Å². The van der Waals surface area contributed by atoms with E-state index in [0.29, 0.717) is 16.6 Å². The van der Waals surface area contributed by atoms with E-state index < -0.39 is 5.25 Å². The van der Waals surface area contributed by atoms with Gasteiger partial charge in [-0.15, -0.1) is 5.10 Å². The smallest absolute Gasteiger partial charge is 0.238 e. The van der Waals surface area contributed by atoms with Crippen LogP contribution in [-0.4, -0.2) is 35.6 Å². The van der Waals surface area contributed by atoms with Crippen molar-refractivity contribution in [2.75, 3.05) is 12.4 Å². The van der Waals surface area contributed by atoms with Crippen molar-refractivity contribution in [2.24, 2.45) is 10.2 Å². The molecule has 3 rings (SSSR count). The number of carbonyl (C=O) groups is 2. The van der Waals surface area contributed by atoms with Gasteiger partial charge in [-0.25, -0.2) is 0 Å². The molecule has 0 aromatic heterocycles. The van der Waals surface area contributed by atoms with Gasteiger partial charge in [0.2, 0.25) is 11.8 Å². The molecule has 0 aliphatic carbocycles. The second kappa shape index (κ2) is 9.00. The number of methoxy groups -OCH3 is 1. The molecule has 0 bridgehead atoms. The molecule has 1 saturated heterocycles. The first-order chi connectivity index (χ1) is 13.1. The molecule has 1 unspecified atom stereocenters. The van der Waals surface area contributed by atoms with Crippen LogP contribution in [0.5, 0.6) is 5.75 Å². The Bertz CT molecular complexity index is 884. The number of nitrogens with zero attached hydrogens (tertiary/aromatic N) is 2. The van der Waals surface area contributed by atoms with Crippen molar-refractivity contribution in [3.05, 3.63) is 60.2 Å². The van der Waals surface area contributed by atoms with E-state index in [-0.39, 0.29) is 18.2 Å². The highest BCUT2D eigenvalue weighted by atomic mass is 32.2. The highest BCUT2D eigenvalue weighted by Gasteiger charge is 2.30. The van der Waals surface area contributed by atoms with Gasteiger partial charge in [0.25, 0.3) is 0 Å². The molecule has 7 nitrogen and oxygen atoms in total. The molecule has 2 N–H and O–H groups in total. The number of benzene rings is 2. The normalized spacial score (nSPS) is 18.3. The maximum Gasteiger partial charge on any atom is 0.238 e. The molecule has 1 aliphatic heterocycles. The van der Waals surface area contributed by atoms with Crippen molar-refractivity contribution in [2.45, 2.75) is 11.7 Å². The Kier molecular flexibility index (Phi) is 6.22. The van der Waals surface area contributed by atoms with Gasteiger partial charge in [0.05, 0.1) is 13.3 Å². The van der Waals surface area contributed by atoms with Crippen LogP contribution in [0.3, 0.4) is 0 Å². The van der Waals surface area contributed by atoms with Crippen LogP contribution in [-0.2, 0) is 9.59 Å². The number of amides is 2. The van der Waals surface area contributed by atoms with E-state index in [9.17, 15) is 9.59 Å². The summed E-state index contributed by atoms with van der Waals surface area (Å²) < 4.78 is 5.14. The van der Waals surface area contributed by atoms with Crippen molar-refractivity contribution >= 4 is 40.6 Å². The van der Waals surface area contributed by atoms with Crippen molar-refractivity contribution in [3.8, 4) is 5.75 Å². The van der Waals surface area contributed by atoms with E-state index >= 15 is 0 Å². The number of ether oxygens (including phenoxy) is 1. The summed E-state index contributed by atoms with van der Waals surface area (Å²) in [6, 6.07) is 16.5. The summed E-state index contributed by atoms with van der Waals surface area (Å²) in [7, 11) is 1.56. The van der Waals surface area contributed by atoms with Crippen LogP contribution < -0.4 is 15.4 Å². The highest BCUT2D eigenvalue weighted by Crippen LogP contribution is 2.23. The summed E-state index contributed by atoms with van der Waals surface area (Å²) >= 11 is 1.17. The summed E-state index contributed by atoms with van der Waals surface area (Å²) in [6.07, 6.45) is 1.65. The summed E-state index contributed by atoms with van der Waals surface area (Å²) in [5.41, 5.74) is 1.49. The average Bonchev–Trinajstić information content (AvgIpc) is 2.68. The zero-order valence-electron chi connectivity index (χ0n) is 14.6. The lowest BCUT2D eigenvalue weighted by Crippen LogP contribution is -2.41. The Morgan fingerprint density at radius 3 is 2.85 bits per heavy atom. The van der Waals surface area contributed by atoms with Crippen molar-refractivity contribution < 1.29 is 14.3 Å². The van der Waals surface area contributed by atoms with Crippen LogP contribution in [0.2, 0.25) is 0 Å². The number of hydrogen-bond donors (Lipinski definition) is 2. The molecule has 2 aromatic carbocycles. The number of nitrogens with one attached hydrogen (secondary N) is 2. The summed E-state index contributed by atoms with van der Waals surface area (Å²) in [5, 5.41) is 13.1. The fourth-order valence-corrected chi connectivity index (χ4v) is 3.29. The van der Waals surface area contributed by atoms with E-state index in [0.717, 1.165) is 5.56 Å². The third kappa shape index (κ3) is 5.42. The predicted octanol–water partition coefficient (Wildman–Crippen LogP) is 2.65. The molecular formula is C19H18N4O3S. The first-order valence-corrected chi connectivity index (χ1v) is 9.09. The SMILES string of the molecule is COc1cccc(NC(=O)C2CC(=O)N/C(=N\N=Cc3ccccc3)S2)c1. The molecular weight excluding hydrogens is 364 g/mol. The van der Waals surface area contributed by atoms with Crippen LogP contribution in [0.25, 0.3) is 0 Å². The molecule has 2 amide bonds. The molecule has 138 valence electrons. The van der Waals surface area contributed by atoms with Crippen LogP contribution >= 0.6 is 11.8 Å². The van der Waals surface area contributed by atoms with E-state index in [4.69, 9.17) is 4.74 Å². The minimum Gasteiger partial charge on any atom is -0.497 e. The number of rotatable bonds is 5. The van der Waals surface area contributed by atoms with Gasteiger partial charge in [-0.1, -0.05) is 48.2 Å². The van der Waals surface area contributed by atoms with Crippen LogP contribution in [0.15, 0.2) is 64.8 Å². The number of anilines is 1. The first kappa shape index (κ1) is 18.7. The van der Waals surface area contributed by atoms with Gasteiger partial charge in [0.1, 0.15) is 11.0 Å². The molecule has 0 saturated carbocycles. The standard InChI is InChI=1S/C19H18N4O3S/c1-26-15-9-5-8-14(10-15)21-18(25)16-11-17(24)22-19(27-16)23-20-12-13-6-3-2-4-7-13/h2-10,12,16H,11H2,1H3,(H,21,25)(H,22,23,24). The number of hydrogen-bond acceptors (Lipinski definition) is 6. The average molecular weight is 382 g/mol. The largest absolute Gasteiger partial charge is 0.497 e. The topological polar surface area (TPSA) is 92.1 Å². The Labute approximate surface area is 160 Å². The number of carbonyl (C=O) groups excluding carboxylic acids is 2. The molecule has 0 radical (unpaired) electrons. The van der Waals surface area contributed by atoms with Gasteiger partial charge < -0.3 is 15.4 Å². The van der Waals surface area contributed by atoms with E-state index in [1.165, 1.54) is 11.8 Å². The van der Waals surface area contributed by atoms with Crippen molar-refractivity contribution in [1.82, 2.24) is 5.32 Å². The monoisotopic (exact) mass is 382 g/mol. The molecule has 0 spiro atoms. The first-order valence-electron chi connectivity index (χ1n) is 8.21. The Morgan fingerprint density at radius 2 is 2.07 bits per heavy atom. The lowest BCUT2D eigenvalue weighted by Gasteiger charge is -2.21. The summed E-state index contributed by atoms with van der Waals surface area (Å²) in [5.74, 6) is 0.0930. The van der Waals surface area contributed by atoms with Crippen LogP contribution in [0.1, 0.15) is 12.0 Å². The zero-order chi connectivity index (χ0) is 19.1. The quantitative estimate of drug-likeness (QED) is 0.614. The highest BCUT2D eigenvalue weighted by molar-refractivity contribution is 8.15. The second-order valence-corrected chi connectivity index (χ2v) is 6.83. The molecule has 1 atom stereocenters. The predicted molar refractivity (Wildman–Crippen MR) is 107 cm³/mol. The Balaban J connectivity index is 1.65. The number of amidine groups is 1. The lowest BCUT2D eigenvalue weighted by atomic mass is 10.2. The third-order valence-corrected chi connectivity index (χ3v) is 4.73. The fourth-order valence-electron chi connectivity index (χ4n) is 2.35. The lowest BCUT2D eigenvalue weighted by molar-refractivity contribution is -0.123. The zero-order valence-corrected chi connectivity index (χ0v) is 15.4. The van der Waals surface area contributed by atoms with Crippen molar-refractivity contribution in [3.63, 3.8) is 0 Å². The van der Waals surface area contributed by atoms with Gasteiger partial charge in [0.15, 0.2) is 5.17 Å². The molecule has 1 aliphatic rings. The number of thioether (sulfide) groups is 1. The van der Waals surface area contributed by atoms with Crippen LogP contribution in [0.4, 0.5) is 5.69 Å².